The zero-order valence-electron chi connectivity index (χ0n) is 1.26. The van der Waals surface area contributed by atoms with E-state index in [0.29, 0.717) is 0 Å². The molecule has 0 aromatic heterocycles. The predicted molar refractivity (Wildman–Crippen MR) is 18.2 cm³/mol. The van der Waals surface area contributed by atoms with Gasteiger partial charge in [0.1, 0.15) is 0 Å². The van der Waals surface area contributed by atoms with Crippen molar-refractivity contribution in [1.82, 2.24) is 0 Å². The summed E-state index contributed by atoms with van der Waals surface area (Å²) in [4.78, 5) is 0. The van der Waals surface area contributed by atoms with Gasteiger partial charge in [0.25, 0.3) is 0 Å². The van der Waals surface area contributed by atoms with Crippen LogP contribution in [0.25, 0.3) is 0 Å². The molecule has 0 saturated carbocycles. The molecule has 0 aliphatic heterocycles. The summed E-state index contributed by atoms with van der Waals surface area (Å²) in [7, 11) is 0. The quantitative estimate of drug-likeness (QED) is 0.398. The van der Waals surface area contributed by atoms with Gasteiger partial charge in [-0.15, -0.1) is 0 Å². The first-order valence-corrected chi connectivity index (χ1v) is 0.595. The Bertz CT molecular complexity index is 8.00. The summed E-state index contributed by atoms with van der Waals surface area (Å²) in [5.74, 6) is 0. The maximum atomic E-state index is 8.00. The molecule has 24 valence electrons. The summed E-state index contributed by atoms with van der Waals surface area (Å²) in [6, 6.07) is 0. The van der Waals surface area contributed by atoms with Gasteiger partial charge in [-0.1, -0.05) is 0 Å². The molecule has 0 aliphatic rings. The molecule has 0 N–H and O–H groups in total. The Morgan fingerprint density at radius 2 is 1.25 bits per heavy atom. The van der Waals surface area contributed by atoms with E-state index in [2.05, 4.69) is 0 Å². The van der Waals surface area contributed by atoms with Gasteiger partial charge < -0.3 is 0 Å². The van der Waals surface area contributed by atoms with Crippen LogP contribution < -0.4 is 0 Å². The number of rotatable bonds is 0. The molecule has 0 amide bonds. The van der Waals surface area contributed by atoms with Crippen LogP contribution in [0, 0.1) is 0 Å². The van der Waals surface area contributed by atoms with E-state index in [-0.39, 0.29) is 43.1 Å². The van der Waals surface area contributed by atoms with Gasteiger partial charge in [-0.3, -0.25) is 0 Å². The van der Waals surface area contributed by atoms with Gasteiger partial charge in [0.2, 0.25) is 0 Å². The Hall–Kier alpha value is 1.67. The number of hydrogen-bond donors (Lipinski definition) is 0. The van der Waals surface area contributed by atoms with Gasteiger partial charge in [-0.05, 0) is 0 Å². The molecular formula is H3FeNaOS. The number of hydrogen-bond acceptors (Lipinski definition) is 1. The van der Waals surface area contributed by atoms with E-state index < -0.39 is 0 Å². The molecule has 0 radical (unpaired) electrons. The Morgan fingerprint density at radius 1 is 1.25 bits per heavy atom. The second-order valence-corrected chi connectivity index (χ2v) is 0. The Kier molecular flexibility index (Phi) is 97.8. The molecule has 0 heterocycles. The fourth-order valence-corrected chi connectivity index (χ4v) is 0. The average Bonchev–Trinajstić information content (AvgIpc) is 1.00. The van der Waals surface area contributed by atoms with Crippen LogP contribution in [0.15, 0.2) is 0 Å². The van der Waals surface area contributed by atoms with Crippen molar-refractivity contribution < 1.29 is 19.8 Å². The molecule has 0 aromatic carbocycles. The van der Waals surface area contributed by atoms with Crippen LogP contribution >= 0.6 is 13.5 Å². The molecule has 0 bridgehead atoms. The van der Waals surface area contributed by atoms with Crippen molar-refractivity contribution in [2.45, 2.75) is 0 Å². The zero-order valence-corrected chi connectivity index (χ0v) is 3.37. The van der Waals surface area contributed by atoms with E-state index in [1.165, 1.54) is 0 Å². The summed E-state index contributed by atoms with van der Waals surface area (Å²) in [5, 5.41) is 0. The predicted octanol–water partition coefficient (Wildman–Crippen LogP) is -0.657. The van der Waals surface area contributed by atoms with Gasteiger partial charge in [-0.25, -0.2) is 0 Å². The first kappa shape index (κ1) is 17.3. The van der Waals surface area contributed by atoms with Crippen LogP contribution in [0.2, 0.25) is 0 Å². The molecule has 4 heavy (non-hydrogen) atoms. The van der Waals surface area contributed by atoms with Crippen molar-refractivity contribution in [3.8, 4) is 0 Å². The fourth-order valence-electron chi connectivity index (χ4n) is 0. The molecular weight excluding hydrogens is 127 g/mol. The van der Waals surface area contributed by atoms with Crippen LogP contribution in [-0.4, -0.2) is 29.6 Å². The molecule has 1 nitrogen and oxygen atoms in total. The van der Waals surface area contributed by atoms with Crippen LogP contribution in [0.4, 0.5) is 0 Å². The summed E-state index contributed by atoms with van der Waals surface area (Å²) in [6.45, 7) is 0. The molecule has 0 saturated heterocycles. The van der Waals surface area contributed by atoms with E-state index in [9.17, 15) is 0 Å². The minimum atomic E-state index is 0. The molecule has 0 fully saturated rings. The van der Waals surface area contributed by atoms with Crippen molar-refractivity contribution in [3.05, 3.63) is 0 Å². The molecule has 0 aliphatic carbocycles. The minimum absolute atomic E-state index is 0. The van der Waals surface area contributed by atoms with Crippen molar-refractivity contribution in [2.24, 2.45) is 0 Å². The fraction of sp³-hybridized carbons (Fsp3) is 0. The summed E-state index contributed by atoms with van der Waals surface area (Å²) in [6.07, 6.45) is 0. The van der Waals surface area contributed by atoms with E-state index in [0.717, 1.165) is 0 Å². The molecule has 0 atom stereocenters. The SMILES string of the molecule is S.[NaH].[O]=[Fe]. The van der Waals surface area contributed by atoms with E-state index in [1.807, 2.05) is 15.9 Å². The Morgan fingerprint density at radius 3 is 1.25 bits per heavy atom. The second kappa shape index (κ2) is 22.6. The second-order valence-electron chi connectivity index (χ2n) is 0. The summed E-state index contributed by atoms with van der Waals surface area (Å²) in [5.41, 5.74) is 0. The normalized spacial score (nSPS) is 1.25. The van der Waals surface area contributed by atoms with Gasteiger partial charge in [0.15, 0.2) is 0 Å². The molecule has 0 rings (SSSR count). The van der Waals surface area contributed by atoms with Crippen LogP contribution in [0.1, 0.15) is 0 Å². The zero-order chi connectivity index (χ0) is 2.00. The van der Waals surface area contributed by atoms with Crippen molar-refractivity contribution in [2.75, 3.05) is 0 Å². The van der Waals surface area contributed by atoms with Crippen molar-refractivity contribution >= 4 is 43.1 Å². The van der Waals surface area contributed by atoms with Crippen molar-refractivity contribution in [3.63, 3.8) is 0 Å². The van der Waals surface area contributed by atoms with Crippen LogP contribution in [-0.2, 0) is 19.8 Å². The third-order valence-electron chi connectivity index (χ3n) is 0. The molecule has 0 spiro atoms. The van der Waals surface area contributed by atoms with Gasteiger partial charge in [0, 0.05) is 0 Å². The van der Waals surface area contributed by atoms with Crippen LogP contribution in [0.3, 0.4) is 0 Å². The third kappa shape index (κ3) is 9.38. The molecule has 0 unspecified atom stereocenters. The monoisotopic (exact) mass is 130 g/mol. The topological polar surface area (TPSA) is 17.1 Å². The van der Waals surface area contributed by atoms with Gasteiger partial charge in [0.05, 0.1) is 0 Å². The summed E-state index contributed by atoms with van der Waals surface area (Å²) >= 11 is 2.00. The van der Waals surface area contributed by atoms with E-state index in [4.69, 9.17) is 3.83 Å². The summed E-state index contributed by atoms with van der Waals surface area (Å²) < 4.78 is 8.00. The van der Waals surface area contributed by atoms with E-state index >= 15 is 0 Å². The Labute approximate surface area is 62.3 Å². The third-order valence-corrected chi connectivity index (χ3v) is 0. The first-order chi connectivity index (χ1) is 1.00. The molecule has 0 aromatic rings. The van der Waals surface area contributed by atoms with Gasteiger partial charge in [-0.2, -0.15) is 13.5 Å². The standard InChI is InChI=1S/Fe.Na.O.H2S.H/h;;;1H2;. The van der Waals surface area contributed by atoms with Crippen LogP contribution in [0.5, 0.6) is 0 Å². The Balaban J connectivity index is -0.00000000500. The van der Waals surface area contributed by atoms with Crippen molar-refractivity contribution in [1.29, 1.82) is 0 Å². The van der Waals surface area contributed by atoms with Gasteiger partial charge >= 0.3 is 49.3 Å². The first-order valence-electron chi connectivity index (χ1n) is 0.144. The molecule has 4 heteroatoms. The maximum absolute atomic E-state index is 8.00. The van der Waals surface area contributed by atoms with E-state index in [1.54, 1.807) is 0 Å². The average molecular weight is 130 g/mol.